The van der Waals surface area contributed by atoms with E-state index in [1.807, 2.05) is 0 Å². The second-order valence-corrected chi connectivity index (χ2v) is 8.92. The van der Waals surface area contributed by atoms with Crippen LogP contribution in [0.25, 0.3) is 22.4 Å². The van der Waals surface area contributed by atoms with Crippen molar-refractivity contribution in [2.24, 2.45) is 0 Å². The van der Waals surface area contributed by atoms with Gasteiger partial charge in [-0.2, -0.15) is 13.2 Å². The zero-order valence-electron chi connectivity index (χ0n) is 20.0. The van der Waals surface area contributed by atoms with Crippen LogP contribution in [-0.4, -0.2) is 10.1 Å². The van der Waals surface area contributed by atoms with E-state index in [0.717, 1.165) is 24.3 Å². The highest BCUT2D eigenvalue weighted by molar-refractivity contribution is 5.80. The highest BCUT2D eigenvalue weighted by Gasteiger charge is 2.32. The third-order valence-corrected chi connectivity index (χ3v) is 6.10. The molecule has 1 aromatic heterocycles. The van der Waals surface area contributed by atoms with Gasteiger partial charge in [-0.15, -0.1) is 0 Å². The maximum Gasteiger partial charge on any atom is 0.416 e. The van der Waals surface area contributed by atoms with Crippen LogP contribution < -0.4 is 0 Å². The van der Waals surface area contributed by atoms with Gasteiger partial charge in [0.1, 0.15) is 11.6 Å². The van der Waals surface area contributed by atoms with Gasteiger partial charge in [0.25, 0.3) is 0 Å². The number of aliphatic hydroxyl groups is 1. The lowest BCUT2D eigenvalue weighted by Gasteiger charge is -2.25. The Morgan fingerprint density at radius 1 is 0.784 bits per heavy atom. The van der Waals surface area contributed by atoms with Crippen molar-refractivity contribution < 1.29 is 31.4 Å². The Balaban J connectivity index is 2.03. The predicted molar refractivity (Wildman–Crippen MR) is 129 cm³/mol. The SMILES string of the molecule is CC(C)c1nc(-c2ccc(F)cc2)c(CO)c(-c2ccc(F)cc2)c1C(F)c1ccc(C(F)(F)F)cc1. The topological polar surface area (TPSA) is 33.1 Å². The molecule has 0 radical (unpaired) electrons. The van der Waals surface area contributed by atoms with Crippen molar-refractivity contribution in [2.45, 2.75) is 38.7 Å². The van der Waals surface area contributed by atoms with Crippen molar-refractivity contribution >= 4 is 0 Å². The van der Waals surface area contributed by atoms with E-state index < -0.39 is 36.2 Å². The fourth-order valence-corrected chi connectivity index (χ4v) is 4.31. The maximum absolute atomic E-state index is 16.3. The molecule has 1 heterocycles. The van der Waals surface area contributed by atoms with E-state index in [0.29, 0.717) is 22.5 Å². The van der Waals surface area contributed by atoms with Gasteiger partial charge in [-0.3, -0.25) is 4.98 Å². The minimum absolute atomic E-state index is 0.0292. The lowest BCUT2D eigenvalue weighted by molar-refractivity contribution is -0.137. The Hall–Kier alpha value is -3.65. The van der Waals surface area contributed by atoms with Crippen molar-refractivity contribution in [3.63, 3.8) is 0 Å². The first-order valence-corrected chi connectivity index (χ1v) is 11.5. The largest absolute Gasteiger partial charge is 0.416 e. The number of halogens is 6. The molecule has 3 aromatic carbocycles. The second kappa shape index (κ2) is 10.4. The van der Waals surface area contributed by atoms with Crippen molar-refractivity contribution in [1.29, 1.82) is 0 Å². The Bertz CT molecular complexity index is 1380. The van der Waals surface area contributed by atoms with Crippen molar-refractivity contribution in [3.05, 3.63) is 112 Å². The van der Waals surface area contributed by atoms with Gasteiger partial charge in [0, 0.05) is 16.7 Å². The number of benzene rings is 3. The quantitative estimate of drug-likeness (QED) is 0.262. The van der Waals surface area contributed by atoms with Crippen LogP contribution >= 0.6 is 0 Å². The molecule has 0 saturated carbocycles. The summed E-state index contributed by atoms with van der Waals surface area (Å²) >= 11 is 0. The molecule has 37 heavy (non-hydrogen) atoms. The molecule has 1 N–H and O–H groups in total. The average molecular weight is 515 g/mol. The van der Waals surface area contributed by atoms with Gasteiger partial charge in [0.05, 0.1) is 23.6 Å². The first-order chi connectivity index (χ1) is 17.5. The summed E-state index contributed by atoms with van der Waals surface area (Å²) in [5, 5.41) is 10.4. The summed E-state index contributed by atoms with van der Waals surface area (Å²) in [4.78, 5) is 4.67. The molecule has 0 bridgehead atoms. The molecule has 0 amide bonds. The number of aromatic nitrogens is 1. The van der Waals surface area contributed by atoms with E-state index in [4.69, 9.17) is 0 Å². The summed E-state index contributed by atoms with van der Waals surface area (Å²) in [6.07, 6.45) is -6.48. The second-order valence-electron chi connectivity index (χ2n) is 8.92. The lowest BCUT2D eigenvalue weighted by Crippen LogP contribution is -2.12. The number of rotatable bonds is 6. The fourth-order valence-electron chi connectivity index (χ4n) is 4.31. The lowest BCUT2D eigenvalue weighted by atomic mass is 9.84. The van der Waals surface area contributed by atoms with Gasteiger partial charge < -0.3 is 5.11 Å². The molecule has 0 fully saturated rings. The van der Waals surface area contributed by atoms with E-state index >= 15 is 4.39 Å². The summed E-state index contributed by atoms with van der Waals surface area (Å²) in [6, 6.07) is 14.4. The smallest absolute Gasteiger partial charge is 0.392 e. The summed E-state index contributed by atoms with van der Waals surface area (Å²) in [6.45, 7) is 3.00. The third-order valence-electron chi connectivity index (χ3n) is 6.10. The Morgan fingerprint density at radius 2 is 1.30 bits per heavy atom. The zero-order chi connectivity index (χ0) is 26.9. The Labute approximate surface area is 210 Å². The first kappa shape index (κ1) is 26.4. The number of aliphatic hydroxyl groups excluding tert-OH is 1. The van der Waals surface area contributed by atoms with E-state index in [-0.39, 0.29) is 28.2 Å². The highest BCUT2D eigenvalue weighted by atomic mass is 19.4. The van der Waals surface area contributed by atoms with E-state index in [1.54, 1.807) is 13.8 Å². The number of nitrogens with zero attached hydrogens (tertiary/aromatic N) is 1. The average Bonchev–Trinajstić information content (AvgIpc) is 2.87. The first-order valence-electron chi connectivity index (χ1n) is 11.5. The molecule has 4 rings (SSSR count). The zero-order valence-corrected chi connectivity index (χ0v) is 20.0. The molecule has 8 heteroatoms. The molecular weight excluding hydrogens is 492 g/mol. The minimum atomic E-state index is -4.57. The minimum Gasteiger partial charge on any atom is -0.392 e. The highest BCUT2D eigenvalue weighted by Crippen LogP contribution is 2.44. The molecule has 0 aliphatic rings. The molecule has 1 unspecified atom stereocenters. The van der Waals surface area contributed by atoms with E-state index in [2.05, 4.69) is 4.98 Å². The van der Waals surface area contributed by atoms with Gasteiger partial charge in [0.2, 0.25) is 0 Å². The maximum atomic E-state index is 16.3. The van der Waals surface area contributed by atoms with Gasteiger partial charge in [-0.1, -0.05) is 38.1 Å². The van der Waals surface area contributed by atoms with Crippen LogP contribution in [0.4, 0.5) is 26.3 Å². The van der Waals surface area contributed by atoms with Crippen LogP contribution in [0.3, 0.4) is 0 Å². The molecule has 2 nitrogen and oxygen atoms in total. The molecule has 0 spiro atoms. The molecule has 0 aliphatic heterocycles. The monoisotopic (exact) mass is 515 g/mol. The van der Waals surface area contributed by atoms with Crippen LogP contribution in [0.2, 0.25) is 0 Å². The van der Waals surface area contributed by atoms with Crippen LogP contribution in [0.15, 0.2) is 72.8 Å². The van der Waals surface area contributed by atoms with Gasteiger partial charge in [0.15, 0.2) is 6.17 Å². The van der Waals surface area contributed by atoms with Crippen molar-refractivity contribution in [1.82, 2.24) is 4.98 Å². The molecule has 0 saturated heterocycles. The van der Waals surface area contributed by atoms with E-state index in [9.17, 15) is 27.1 Å². The fraction of sp³-hybridized carbons (Fsp3) is 0.207. The van der Waals surface area contributed by atoms with Crippen molar-refractivity contribution in [2.75, 3.05) is 0 Å². The molecule has 1 atom stereocenters. The standard InChI is InChI=1S/C29H23F6NO/c1-16(2)27-25(26(32)18-3-9-20(10-4-18)29(33,34)35)24(17-5-11-21(30)12-6-17)23(15-37)28(36-27)19-7-13-22(31)14-8-19/h3-14,16,26,37H,15H2,1-2H3. The van der Waals surface area contributed by atoms with Gasteiger partial charge in [-0.25, -0.2) is 13.2 Å². The Kier molecular flexibility index (Phi) is 7.41. The van der Waals surface area contributed by atoms with Gasteiger partial charge in [-0.05, 0) is 71.1 Å². The number of hydrogen-bond donors (Lipinski definition) is 1. The van der Waals surface area contributed by atoms with Crippen LogP contribution in [0.1, 0.15) is 53.9 Å². The van der Waals surface area contributed by atoms with Gasteiger partial charge >= 0.3 is 6.18 Å². The summed E-state index contributed by atoms with van der Waals surface area (Å²) in [7, 11) is 0. The van der Waals surface area contributed by atoms with E-state index in [1.165, 1.54) is 48.5 Å². The predicted octanol–water partition coefficient (Wildman–Crippen LogP) is 8.39. The molecular formula is C29H23F6NO. The Morgan fingerprint density at radius 3 is 1.76 bits per heavy atom. The van der Waals surface area contributed by atoms with Crippen LogP contribution in [0, 0.1) is 11.6 Å². The third kappa shape index (κ3) is 5.39. The molecule has 0 aliphatic carbocycles. The van der Waals surface area contributed by atoms with Crippen LogP contribution in [0.5, 0.6) is 0 Å². The van der Waals surface area contributed by atoms with Crippen molar-refractivity contribution in [3.8, 4) is 22.4 Å². The number of alkyl halides is 4. The molecule has 192 valence electrons. The summed E-state index contributed by atoms with van der Waals surface area (Å²) in [5.74, 6) is -1.33. The molecule has 4 aromatic rings. The number of pyridine rings is 1. The normalized spacial score (nSPS) is 12.7. The summed E-state index contributed by atoms with van der Waals surface area (Å²) < 4.78 is 82.9. The number of hydrogen-bond acceptors (Lipinski definition) is 2. The van der Waals surface area contributed by atoms with Crippen LogP contribution in [-0.2, 0) is 12.8 Å². The summed E-state index contributed by atoms with van der Waals surface area (Å²) in [5.41, 5.74) is 1.09.